The zero-order valence-corrected chi connectivity index (χ0v) is 7.47. The van der Waals surface area contributed by atoms with Crippen molar-refractivity contribution in [2.75, 3.05) is 13.1 Å². The molecule has 1 aliphatic heterocycles. The number of nitrogens with one attached hydrogen (secondary N) is 1. The molecule has 1 N–H and O–H groups in total. The minimum atomic E-state index is 0.364. The van der Waals surface area contributed by atoms with E-state index in [1.165, 1.54) is 25.7 Å². The van der Waals surface area contributed by atoms with Crippen LogP contribution in [0.15, 0.2) is 0 Å². The second kappa shape index (κ2) is 3.06. The van der Waals surface area contributed by atoms with Crippen molar-refractivity contribution < 1.29 is 0 Å². The van der Waals surface area contributed by atoms with Gasteiger partial charge >= 0.3 is 0 Å². The van der Waals surface area contributed by atoms with Gasteiger partial charge in [0.2, 0.25) is 0 Å². The first-order valence-corrected chi connectivity index (χ1v) is 4.95. The molecule has 2 fully saturated rings. The summed E-state index contributed by atoms with van der Waals surface area (Å²) in [6.45, 7) is 2.33. The van der Waals surface area contributed by atoms with Crippen molar-refractivity contribution in [2.45, 2.75) is 32.1 Å². The highest BCUT2D eigenvalue weighted by Gasteiger charge is 2.39. The van der Waals surface area contributed by atoms with E-state index in [0.717, 1.165) is 19.5 Å². The van der Waals surface area contributed by atoms with Crippen molar-refractivity contribution in [2.24, 2.45) is 11.3 Å². The predicted octanol–water partition coefficient (Wildman–Crippen LogP) is 1.68. The average molecular weight is 164 g/mol. The third-order valence-corrected chi connectivity index (χ3v) is 3.55. The Morgan fingerprint density at radius 1 is 1.25 bits per heavy atom. The summed E-state index contributed by atoms with van der Waals surface area (Å²) in [6.07, 6.45) is 6.21. The van der Waals surface area contributed by atoms with E-state index in [2.05, 4.69) is 11.4 Å². The first kappa shape index (κ1) is 8.07. The van der Waals surface area contributed by atoms with Crippen LogP contribution in [0, 0.1) is 22.7 Å². The van der Waals surface area contributed by atoms with E-state index in [9.17, 15) is 0 Å². The maximum absolute atomic E-state index is 8.81. The van der Waals surface area contributed by atoms with Crippen LogP contribution in [0.3, 0.4) is 0 Å². The maximum Gasteiger partial charge on any atom is 0.0655 e. The van der Waals surface area contributed by atoms with Gasteiger partial charge in [0, 0.05) is 5.92 Å². The van der Waals surface area contributed by atoms with Crippen LogP contribution in [0.2, 0.25) is 0 Å². The zero-order chi connectivity index (χ0) is 8.44. The zero-order valence-electron chi connectivity index (χ0n) is 7.47. The van der Waals surface area contributed by atoms with Gasteiger partial charge in [0.05, 0.1) is 6.07 Å². The van der Waals surface area contributed by atoms with Crippen molar-refractivity contribution in [1.82, 2.24) is 5.32 Å². The van der Waals surface area contributed by atoms with Gasteiger partial charge in [-0.05, 0) is 50.6 Å². The Kier molecular flexibility index (Phi) is 2.06. The smallest absolute Gasteiger partial charge is 0.0655 e. The van der Waals surface area contributed by atoms with Crippen molar-refractivity contribution in [3.05, 3.63) is 0 Å². The summed E-state index contributed by atoms with van der Waals surface area (Å²) in [6, 6.07) is 2.42. The van der Waals surface area contributed by atoms with Gasteiger partial charge in [0.25, 0.3) is 0 Å². The van der Waals surface area contributed by atoms with Crippen LogP contribution >= 0.6 is 0 Å². The van der Waals surface area contributed by atoms with Crippen LogP contribution in [0.5, 0.6) is 0 Å². The summed E-state index contributed by atoms with van der Waals surface area (Å²) in [5.74, 6) is 0.364. The third-order valence-electron chi connectivity index (χ3n) is 3.55. The van der Waals surface area contributed by atoms with Crippen molar-refractivity contribution in [3.63, 3.8) is 0 Å². The van der Waals surface area contributed by atoms with E-state index in [1.54, 1.807) is 0 Å². The van der Waals surface area contributed by atoms with Crippen molar-refractivity contribution >= 4 is 0 Å². The Bertz CT molecular complexity index is 198. The molecule has 0 aromatic carbocycles. The van der Waals surface area contributed by atoms with Crippen LogP contribution in [0.1, 0.15) is 32.1 Å². The van der Waals surface area contributed by atoms with Gasteiger partial charge in [-0.1, -0.05) is 0 Å². The molecule has 2 nitrogen and oxygen atoms in total. The Labute approximate surface area is 74.0 Å². The lowest BCUT2D eigenvalue weighted by molar-refractivity contribution is 0.206. The van der Waals surface area contributed by atoms with Gasteiger partial charge < -0.3 is 5.32 Å². The lowest BCUT2D eigenvalue weighted by Crippen LogP contribution is -2.35. The highest BCUT2D eigenvalue weighted by atomic mass is 14.9. The summed E-state index contributed by atoms with van der Waals surface area (Å²) < 4.78 is 0. The number of nitriles is 1. The fourth-order valence-electron chi connectivity index (χ4n) is 2.73. The molecule has 2 rings (SSSR count). The molecule has 1 atom stereocenters. The van der Waals surface area contributed by atoms with Gasteiger partial charge in [0.15, 0.2) is 0 Å². The van der Waals surface area contributed by atoms with E-state index < -0.39 is 0 Å². The molecule has 1 aliphatic carbocycles. The highest BCUT2D eigenvalue weighted by molar-refractivity contribution is 4.98. The molecule has 1 heterocycles. The molecule has 0 aromatic heterocycles. The summed E-state index contributed by atoms with van der Waals surface area (Å²) in [4.78, 5) is 0. The molecule has 12 heavy (non-hydrogen) atoms. The Morgan fingerprint density at radius 2 is 2.00 bits per heavy atom. The van der Waals surface area contributed by atoms with Gasteiger partial charge in [-0.25, -0.2) is 0 Å². The molecule has 66 valence electrons. The highest BCUT2D eigenvalue weighted by Crippen LogP contribution is 2.47. The third kappa shape index (κ3) is 1.34. The topological polar surface area (TPSA) is 35.8 Å². The molecule has 1 spiro atoms. The second-order valence-electron chi connectivity index (χ2n) is 4.32. The molecular weight excluding hydrogens is 148 g/mol. The molecule has 2 heteroatoms. The Balaban J connectivity index is 1.99. The first-order chi connectivity index (χ1) is 5.85. The average Bonchev–Trinajstić information content (AvgIpc) is 2.50. The fraction of sp³-hybridized carbons (Fsp3) is 0.900. The van der Waals surface area contributed by atoms with Gasteiger partial charge in [-0.15, -0.1) is 0 Å². The number of nitrogens with zero attached hydrogens (tertiary/aromatic N) is 1. The minimum Gasteiger partial charge on any atom is -0.317 e. The molecule has 0 bridgehead atoms. The number of piperidine rings is 1. The SMILES string of the molecule is N#CC1CCC2(CCNCC2)C1. The predicted molar refractivity (Wildman–Crippen MR) is 47.5 cm³/mol. The van der Waals surface area contributed by atoms with Crippen LogP contribution in [0.25, 0.3) is 0 Å². The van der Waals surface area contributed by atoms with E-state index in [-0.39, 0.29) is 0 Å². The van der Waals surface area contributed by atoms with E-state index in [4.69, 9.17) is 5.26 Å². The van der Waals surface area contributed by atoms with Crippen LogP contribution in [-0.2, 0) is 0 Å². The van der Waals surface area contributed by atoms with Crippen LogP contribution < -0.4 is 5.32 Å². The lowest BCUT2D eigenvalue weighted by Gasteiger charge is -2.33. The summed E-state index contributed by atoms with van der Waals surface area (Å²) in [5.41, 5.74) is 0.561. The van der Waals surface area contributed by atoms with Crippen molar-refractivity contribution in [3.8, 4) is 6.07 Å². The Morgan fingerprint density at radius 3 is 2.58 bits per heavy atom. The molecular formula is C10H16N2. The normalized spacial score (nSPS) is 33.4. The van der Waals surface area contributed by atoms with E-state index >= 15 is 0 Å². The van der Waals surface area contributed by atoms with Crippen LogP contribution in [-0.4, -0.2) is 13.1 Å². The molecule has 1 saturated heterocycles. The first-order valence-electron chi connectivity index (χ1n) is 4.95. The fourth-order valence-corrected chi connectivity index (χ4v) is 2.73. The minimum absolute atomic E-state index is 0.364. The standard InChI is InChI=1S/C10H16N2/c11-8-9-1-2-10(7-9)3-5-12-6-4-10/h9,12H,1-7H2. The van der Waals surface area contributed by atoms with Crippen LogP contribution in [0.4, 0.5) is 0 Å². The molecule has 2 aliphatic rings. The van der Waals surface area contributed by atoms with Gasteiger partial charge in [-0.2, -0.15) is 5.26 Å². The number of hydrogen-bond donors (Lipinski definition) is 1. The van der Waals surface area contributed by atoms with E-state index in [1.807, 2.05) is 0 Å². The number of hydrogen-bond acceptors (Lipinski definition) is 2. The summed E-state index contributed by atoms with van der Waals surface area (Å²) in [5, 5.41) is 12.2. The lowest BCUT2D eigenvalue weighted by atomic mass is 9.77. The second-order valence-corrected chi connectivity index (χ2v) is 4.32. The monoisotopic (exact) mass is 164 g/mol. The Hall–Kier alpha value is -0.550. The molecule has 0 radical (unpaired) electrons. The summed E-state index contributed by atoms with van der Waals surface area (Å²) in [7, 11) is 0. The number of rotatable bonds is 0. The van der Waals surface area contributed by atoms with Crippen molar-refractivity contribution in [1.29, 1.82) is 5.26 Å². The van der Waals surface area contributed by atoms with Gasteiger partial charge in [-0.3, -0.25) is 0 Å². The summed E-state index contributed by atoms with van der Waals surface area (Å²) >= 11 is 0. The largest absolute Gasteiger partial charge is 0.317 e. The van der Waals surface area contributed by atoms with E-state index in [0.29, 0.717) is 11.3 Å². The quantitative estimate of drug-likeness (QED) is 0.591. The maximum atomic E-state index is 8.81. The molecule has 0 aromatic rings. The molecule has 0 amide bonds. The van der Waals surface area contributed by atoms with Gasteiger partial charge in [0.1, 0.15) is 0 Å². The molecule has 1 saturated carbocycles. The molecule has 1 unspecified atom stereocenters.